The summed E-state index contributed by atoms with van der Waals surface area (Å²) in [6.45, 7) is 4.85. The van der Waals surface area contributed by atoms with Crippen LogP contribution in [0, 0.1) is 5.41 Å². The molecule has 3 aromatic heterocycles. The van der Waals surface area contributed by atoms with Gasteiger partial charge in [0, 0.05) is 79.0 Å². The van der Waals surface area contributed by atoms with Crippen molar-refractivity contribution in [3.8, 4) is 56.0 Å². The first-order chi connectivity index (χ1) is 37.4. The summed E-state index contributed by atoms with van der Waals surface area (Å²) in [7, 11) is 0. The monoisotopic (exact) mass is 968 g/mol. The molecule has 0 saturated carbocycles. The van der Waals surface area contributed by atoms with Crippen LogP contribution >= 0.6 is 0 Å². The molecule has 4 heteroatoms. The van der Waals surface area contributed by atoms with Crippen LogP contribution in [0.5, 0.6) is 0 Å². The smallest absolute Gasteiger partial charge is 0.160 e. The number of nitrogens with zero attached hydrogens (tertiary/aromatic N) is 4. The fraction of sp³-hybridized carbons (Fsp3) is 0.0833. The standard InChI is InChI=1S/C72H48N4/c1-71-38-6-5-22-60(71)57-35-34-50(56-21-9-25-64(71)65(56)57)49-41-58(55-36-37-63-54-18-4-3-17-53(54)61-23-10-24-62(55)72(61,63)2)69-59(42-49)68(47-30-26-43(27-31-47)51-19-7-13-45-15-11-39-73-66(45)51)75-70(76-69)48-32-28-44(29-33-48)52-20-8-14-46-16-12-40-74-67(46)52/h3-42,60,63H,1-2H3. The molecule has 356 valence electrons. The Balaban J connectivity index is 0.960. The maximum absolute atomic E-state index is 5.75. The van der Waals surface area contributed by atoms with Gasteiger partial charge in [0.1, 0.15) is 0 Å². The van der Waals surface area contributed by atoms with Crippen LogP contribution < -0.4 is 0 Å². The highest BCUT2D eigenvalue weighted by molar-refractivity contribution is 6.10. The highest BCUT2D eigenvalue weighted by atomic mass is 14.9. The van der Waals surface area contributed by atoms with Crippen molar-refractivity contribution in [2.24, 2.45) is 5.41 Å². The van der Waals surface area contributed by atoms with Gasteiger partial charge in [0.25, 0.3) is 0 Å². The first-order valence-electron chi connectivity index (χ1n) is 26.5. The van der Waals surface area contributed by atoms with Crippen LogP contribution in [-0.4, -0.2) is 19.9 Å². The molecule has 0 amide bonds. The van der Waals surface area contributed by atoms with E-state index in [4.69, 9.17) is 19.9 Å². The van der Waals surface area contributed by atoms with Crippen LogP contribution in [0.25, 0.3) is 111 Å². The van der Waals surface area contributed by atoms with Gasteiger partial charge >= 0.3 is 0 Å². The van der Waals surface area contributed by atoms with Gasteiger partial charge in [-0.3, -0.25) is 9.97 Å². The number of hydrogen-bond acceptors (Lipinski definition) is 4. The van der Waals surface area contributed by atoms with Gasteiger partial charge in [0.2, 0.25) is 0 Å². The molecule has 0 saturated heterocycles. The van der Waals surface area contributed by atoms with Gasteiger partial charge in [-0.15, -0.1) is 0 Å². The van der Waals surface area contributed by atoms with Crippen LogP contribution in [0.2, 0.25) is 0 Å². The van der Waals surface area contributed by atoms with E-state index in [2.05, 4.69) is 232 Å². The summed E-state index contributed by atoms with van der Waals surface area (Å²) in [5, 5.41) is 5.87. The van der Waals surface area contributed by atoms with Gasteiger partial charge < -0.3 is 0 Å². The SMILES string of the molecule is CC12C3=CC=CC1=C(c1cc(-c4ccc5c6c(cccc46)C4(C)C=CC=CC54)cc4c(-c5ccc(-c6cccc7cccnc67)cc5)nc(-c5ccc(-c6cccc7cccnc67)cc5)nc14)C=CC2c1ccccc13. The van der Waals surface area contributed by atoms with Crippen molar-refractivity contribution in [3.63, 3.8) is 0 Å². The number of fused-ring (bicyclic) bond motifs is 9. The molecule has 16 rings (SSSR count). The maximum Gasteiger partial charge on any atom is 0.160 e. The third-order valence-electron chi connectivity index (χ3n) is 17.7. The van der Waals surface area contributed by atoms with Gasteiger partial charge in [-0.2, -0.15) is 0 Å². The lowest BCUT2D eigenvalue weighted by Crippen LogP contribution is -2.27. The van der Waals surface area contributed by atoms with E-state index in [1.165, 1.54) is 55.3 Å². The van der Waals surface area contributed by atoms with E-state index in [0.29, 0.717) is 5.82 Å². The lowest BCUT2D eigenvalue weighted by molar-refractivity contribution is 0.504. The van der Waals surface area contributed by atoms with Gasteiger partial charge in [-0.05, 0) is 96.3 Å². The lowest BCUT2D eigenvalue weighted by Gasteiger charge is -2.39. The molecule has 4 atom stereocenters. The van der Waals surface area contributed by atoms with E-state index >= 15 is 0 Å². The van der Waals surface area contributed by atoms with E-state index in [1.807, 2.05) is 24.5 Å². The van der Waals surface area contributed by atoms with Crippen LogP contribution in [-0.2, 0) is 5.41 Å². The predicted octanol–water partition coefficient (Wildman–Crippen LogP) is 17.8. The Morgan fingerprint density at radius 3 is 1.89 bits per heavy atom. The van der Waals surface area contributed by atoms with Crippen LogP contribution in [0.1, 0.15) is 53.5 Å². The summed E-state index contributed by atoms with van der Waals surface area (Å²) in [5.41, 5.74) is 22.6. The van der Waals surface area contributed by atoms with Gasteiger partial charge in [-0.25, -0.2) is 9.97 Å². The Bertz CT molecular complexity index is 4540. The number of rotatable bonds is 6. The molecule has 0 bridgehead atoms. The molecule has 4 unspecified atom stereocenters. The highest BCUT2D eigenvalue weighted by Gasteiger charge is 2.50. The third-order valence-corrected chi connectivity index (χ3v) is 17.7. The minimum Gasteiger partial charge on any atom is -0.256 e. The van der Waals surface area contributed by atoms with Gasteiger partial charge in [-0.1, -0.05) is 220 Å². The Morgan fingerprint density at radius 2 is 1.13 bits per heavy atom. The predicted molar refractivity (Wildman–Crippen MR) is 314 cm³/mol. The van der Waals surface area contributed by atoms with Crippen molar-refractivity contribution in [1.82, 2.24) is 19.9 Å². The molecule has 4 nitrogen and oxygen atoms in total. The largest absolute Gasteiger partial charge is 0.256 e. The minimum atomic E-state index is -0.267. The first-order valence-corrected chi connectivity index (χ1v) is 26.5. The Labute approximate surface area is 441 Å². The van der Waals surface area contributed by atoms with Gasteiger partial charge in [0.15, 0.2) is 5.82 Å². The molecule has 0 fully saturated rings. The second-order valence-corrected chi connectivity index (χ2v) is 21.6. The second kappa shape index (κ2) is 16.1. The van der Waals surface area contributed by atoms with E-state index < -0.39 is 0 Å². The zero-order valence-corrected chi connectivity index (χ0v) is 42.0. The Hall–Kier alpha value is -9.38. The summed E-state index contributed by atoms with van der Waals surface area (Å²) in [6.07, 6.45) is 24.8. The summed E-state index contributed by atoms with van der Waals surface area (Å²) < 4.78 is 0. The zero-order chi connectivity index (χ0) is 50.3. The van der Waals surface area contributed by atoms with Crippen molar-refractivity contribution in [3.05, 3.63) is 276 Å². The van der Waals surface area contributed by atoms with E-state index in [1.54, 1.807) is 0 Å². The topological polar surface area (TPSA) is 51.6 Å². The van der Waals surface area contributed by atoms with Crippen LogP contribution in [0.4, 0.5) is 0 Å². The van der Waals surface area contributed by atoms with Crippen LogP contribution in [0.15, 0.2) is 249 Å². The van der Waals surface area contributed by atoms with Crippen molar-refractivity contribution in [2.75, 3.05) is 0 Å². The second-order valence-electron chi connectivity index (χ2n) is 21.6. The molecule has 3 heterocycles. The van der Waals surface area contributed by atoms with E-state index in [9.17, 15) is 0 Å². The average molecular weight is 969 g/mol. The van der Waals surface area contributed by atoms with Crippen LogP contribution in [0.3, 0.4) is 0 Å². The molecule has 0 spiro atoms. The van der Waals surface area contributed by atoms with Crippen molar-refractivity contribution in [2.45, 2.75) is 31.1 Å². The summed E-state index contributed by atoms with van der Waals surface area (Å²) in [6, 6.07) is 64.2. The Kier molecular flexibility index (Phi) is 9.10. The van der Waals surface area contributed by atoms with E-state index in [-0.39, 0.29) is 22.7 Å². The molecule has 76 heavy (non-hydrogen) atoms. The fourth-order valence-corrected chi connectivity index (χ4v) is 14.0. The molecule has 0 radical (unpaired) electrons. The summed E-state index contributed by atoms with van der Waals surface area (Å²) in [4.78, 5) is 21.0. The molecule has 5 aliphatic rings. The third kappa shape index (κ3) is 6.07. The van der Waals surface area contributed by atoms with Crippen molar-refractivity contribution < 1.29 is 0 Å². The molecule has 11 aromatic rings. The van der Waals surface area contributed by atoms with Gasteiger partial charge in [0.05, 0.1) is 22.2 Å². The average Bonchev–Trinajstić information content (AvgIpc) is 4.09. The maximum atomic E-state index is 5.75. The molecular weight excluding hydrogens is 921 g/mol. The molecule has 5 aliphatic carbocycles. The highest BCUT2D eigenvalue weighted by Crippen LogP contribution is 2.64. The molecule has 8 aromatic carbocycles. The zero-order valence-electron chi connectivity index (χ0n) is 42.0. The number of benzene rings is 8. The van der Waals surface area contributed by atoms with Crippen molar-refractivity contribution in [1.29, 1.82) is 0 Å². The summed E-state index contributed by atoms with van der Waals surface area (Å²) >= 11 is 0. The number of pyridine rings is 2. The quantitative estimate of drug-likeness (QED) is 0.167. The molecular formula is C72H48N4. The molecule has 0 aliphatic heterocycles. The fourth-order valence-electron chi connectivity index (χ4n) is 14.0. The number of allylic oxidation sites excluding steroid dienone is 12. The first kappa shape index (κ1) is 43.1. The Morgan fingerprint density at radius 1 is 0.447 bits per heavy atom. The molecule has 0 N–H and O–H groups in total. The lowest BCUT2D eigenvalue weighted by atomic mass is 9.63. The summed E-state index contributed by atoms with van der Waals surface area (Å²) in [5.74, 6) is 1.17. The normalized spacial score (nSPS) is 20.4. The number of aromatic nitrogens is 4. The number of hydrogen-bond donors (Lipinski definition) is 0. The van der Waals surface area contributed by atoms with Crippen molar-refractivity contribution >= 4 is 54.6 Å². The minimum absolute atomic E-state index is 0.109. The number of para-hydroxylation sites is 2. The van der Waals surface area contributed by atoms with E-state index in [0.717, 1.165) is 82.9 Å².